The molecule has 3 atom stereocenters. The molecule has 1 saturated carbocycles. The summed E-state index contributed by atoms with van der Waals surface area (Å²) in [6.45, 7) is 4.58. The summed E-state index contributed by atoms with van der Waals surface area (Å²) in [6.07, 6.45) is 10.2. The molecule has 2 fully saturated rings. The van der Waals surface area contributed by atoms with Gasteiger partial charge in [0.05, 0.1) is 6.07 Å². The molecule has 0 bridgehead atoms. The van der Waals surface area contributed by atoms with Crippen LogP contribution in [0.15, 0.2) is 0 Å². The summed E-state index contributed by atoms with van der Waals surface area (Å²) in [5.41, 5.74) is -0.300. The van der Waals surface area contributed by atoms with Gasteiger partial charge in [0.15, 0.2) is 0 Å². The molecule has 2 aliphatic rings. The van der Waals surface area contributed by atoms with Gasteiger partial charge in [0.25, 0.3) is 0 Å². The molecule has 3 nitrogen and oxygen atoms in total. The second-order valence-electron chi connectivity index (χ2n) is 6.34. The van der Waals surface area contributed by atoms with Crippen LogP contribution in [0.1, 0.15) is 58.3 Å². The predicted octanol–water partition coefficient (Wildman–Crippen LogP) is 2.92. The second-order valence-corrected chi connectivity index (χ2v) is 6.34. The van der Waals surface area contributed by atoms with E-state index in [1.807, 2.05) is 7.05 Å². The lowest BCUT2D eigenvalue weighted by Crippen LogP contribution is -2.42. The summed E-state index contributed by atoms with van der Waals surface area (Å²) in [7, 11) is 1.92. The van der Waals surface area contributed by atoms with Gasteiger partial charge in [-0.1, -0.05) is 19.8 Å². The highest BCUT2D eigenvalue weighted by Crippen LogP contribution is 2.36. The summed E-state index contributed by atoms with van der Waals surface area (Å²) >= 11 is 0. The van der Waals surface area contributed by atoms with E-state index in [9.17, 15) is 5.26 Å². The molecule has 2 rings (SSSR count). The predicted molar refractivity (Wildman–Crippen MR) is 78.9 cm³/mol. The van der Waals surface area contributed by atoms with Crippen molar-refractivity contribution in [1.82, 2.24) is 10.2 Å². The lowest BCUT2D eigenvalue weighted by atomic mass is 9.85. The highest BCUT2D eigenvalue weighted by molar-refractivity contribution is 5.05. The molecule has 1 heterocycles. The van der Waals surface area contributed by atoms with Gasteiger partial charge >= 0.3 is 0 Å². The molecule has 0 aromatic rings. The fourth-order valence-electron chi connectivity index (χ4n) is 4.03. The first-order valence-electron chi connectivity index (χ1n) is 8.09. The summed E-state index contributed by atoms with van der Waals surface area (Å²) in [5.74, 6) is 0.977. The number of nitrogens with one attached hydrogen (secondary N) is 1. The number of nitrogens with zero attached hydrogens (tertiary/aromatic N) is 2. The number of nitriles is 1. The number of fused-ring (bicyclic) bond motifs is 1. The summed E-state index contributed by atoms with van der Waals surface area (Å²) in [6, 6.07) is 3.33. The third-order valence-electron chi connectivity index (χ3n) is 5.47. The van der Waals surface area contributed by atoms with Crippen LogP contribution in [0.5, 0.6) is 0 Å². The Morgan fingerprint density at radius 3 is 2.79 bits per heavy atom. The number of rotatable bonds is 6. The van der Waals surface area contributed by atoms with Crippen LogP contribution in [0.4, 0.5) is 0 Å². The molecule has 1 N–H and O–H groups in total. The molecule has 1 saturated heterocycles. The largest absolute Gasteiger partial charge is 0.302 e. The van der Waals surface area contributed by atoms with Gasteiger partial charge < -0.3 is 10.2 Å². The average molecular weight is 263 g/mol. The minimum atomic E-state index is -0.300. The first-order chi connectivity index (χ1) is 9.24. The Morgan fingerprint density at radius 2 is 2.11 bits per heavy atom. The van der Waals surface area contributed by atoms with Crippen molar-refractivity contribution in [3.63, 3.8) is 0 Å². The van der Waals surface area contributed by atoms with Crippen molar-refractivity contribution >= 4 is 0 Å². The van der Waals surface area contributed by atoms with Crippen LogP contribution in [-0.2, 0) is 0 Å². The summed E-state index contributed by atoms with van der Waals surface area (Å²) in [4.78, 5) is 2.71. The summed E-state index contributed by atoms with van der Waals surface area (Å²) in [5, 5.41) is 12.5. The Hall–Kier alpha value is -0.590. The molecular weight excluding hydrogens is 234 g/mol. The van der Waals surface area contributed by atoms with Gasteiger partial charge in [0.2, 0.25) is 0 Å². The van der Waals surface area contributed by atoms with E-state index in [4.69, 9.17) is 0 Å². The molecule has 0 spiro atoms. The number of hydrogen-bond acceptors (Lipinski definition) is 3. The van der Waals surface area contributed by atoms with Crippen LogP contribution in [-0.4, -0.2) is 36.6 Å². The molecule has 0 amide bonds. The van der Waals surface area contributed by atoms with Gasteiger partial charge in [0.1, 0.15) is 5.54 Å². The van der Waals surface area contributed by atoms with E-state index >= 15 is 0 Å². The molecule has 1 aliphatic heterocycles. The van der Waals surface area contributed by atoms with Crippen molar-refractivity contribution in [3.05, 3.63) is 0 Å². The van der Waals surface area contributed by atoms with Crippen LogP contribution in [0.2, 0.25) is 0 Å². The Morgan fingerprint density at radius 1 is 1.32 bits per heavy atom. The third kappa shape index (κ3) is 3.30. The zero-order valence-electron chi connectivity index (χ0n) is 12.6. The molecule has 3 heteroatoms. The van der Waals surface area contributed by atoms with E-state index in [0.29, 0.717) is 0 Å². The number of likely N-dealkylation sites (tertiary alicyclic amines) is 1. The lowest BCUT2D eigenvalue weighted by molar-refractivity contribution is 0.176. The van der Waals surface area contributed by atoms with Gasteiger partial charge in [-0.05, 0) is 64.6 Å². The van der Waals surface area contributed by atoms with Crippen molar-refractivity contribution in [2.75, 3.05) is 20.1 Å². The number of hydrogen-bond donors (Lipinski definition) is 1. The fraction of sp³-hybridized carbons (Fsp3) is 0.938. The third-order valence-corrected chi connectivity index (χ3v) is 5.47. The monoisotopic (exact) mass is 263 g/mol. The zero-order chi connectivity index (χ0) is 13.7. The quantitative estimate of drug-likeness (QED) is 0.801. The second kappa shape index (κ2) is 6.72. The molecule has 3 unspecified atom stereocenters. The minimum absolute atomic E-state index is 0.300. The van der Waals surface area contributed by atoms with E-state index in [1.54, 1.807) is 0 Å². The van der Waals surface area contributed by atoms with Crippen LogP contribution < -0.4 is 5.32 Å². The molecule has 0 radical (unpaired) electrons. The van der Waals surface area contributed by atoms with Gasteiger partial charge in [-0.3, -0.25) is 0 Å². The van der Waals surface area contributed by atoms with Crippen LogP contribution >= 0.6 is 0 Å². The summed E-state index contributed by atoms with van der Waals surface area (Å²) < 4.78 is 0. The molecule has 108 valence electrons. The van der Waals surface area contributed by atoms with Gasteiger partial charge in [-0.2, -0.15) is 5.26 Å². The van der Waals surface area contributed by atoms with Crippen molar-refractivity contribution in [3.8, 4) is 6.07 Å². The maximum Gasteiger partial charge on any atom is 0.106 e. The van der Waals surface area contributed by atoms with Crippen molar-refractivity contribution in [2.45, 2.75) is 69.9 Å². The van der Waals surface area contributed by atoms with Crippen LogP contribution in [0.25, 0.3) is 0 Å². The van der Waals surface area contributed by atoms with Crippen LogP contribution in [0, 0.1) is 17.2 Å². The van der Waals surface area contributed by atoms with E-state index in [1.165, 1.54) is 45.2 Å². The van der Waals surface area contributed by atoms with E-state index in [-0.39, 0.29) is 5.54 Å². The van der Waals surface area contributed by atoms with E-state index < -0.39 is 0 Å². The maximum absolute atomic E-state index is 9.33. The molecule has 0 aromatic heterocycles. The molecular formula is C16H29N3. The molecule has 1 aliphatic carbocycles. The smallest absolute Gasteiger partial charge is 0.106 e. The van der Waals surface area contributed by atoms with Crippen molar-refractivity contribution in [1.29, 1.82) is 5.26 Å². The van der Waals surface area contributed by atoms with Crippen molar-refractivity contribution < 1.29 is 0 Å². The van der Waals surface area contributed by atoms with Gasteiger partial charge in [0, 0.05) is 6.04 Å². The highest BCUT2D eigenvalue weighted by atomic mass is 15.2. The van der Waals surface area contributed by atoms with Gasteiger partial charge in [-0.25, -0.2) is 0 Å². The van der Waals surface area contributed by atoms with Crippen LogP contribution in [0.3, 0.4) is 0 Å². The Labute approximate surface area is 118 Å². The average Bonchev–Trinajstić information content (AvgIpc) is 2.88. The van der Waals surface area contributed by atoms with E-state index in [0.717, 1.165) is 31.2 Å². The molecule has 19 heavy (non-hydrogen) atoms. The zero-order valence-corrected chi connectivity index (χ0v) is 12.6. The Kier molecular flexibility index (Phi) is 5.24. The van der Waals surface area contributed by atoms with Gasteiger partial charge in [-0.15, -0.1) is 0 Å². The Balaban J connectivity index is 1.78. The Bertz CT molecular complexity index is 316. The topological polar surface area (TPSA) is 39.1 Å². The first-order valence-corrected chi connectivity index (χ1v) is 8.09. The lowest BCUT2D eigenvalue weighted by Gasteiger charge is -2.32. The SMILES string of the molecule is CCC(C#N)(CCCN1CCC2CCCCC21)NC. The molecule has 0 aromatic carbocycles. The van der Waals surface area contributed by atoms with Crippen molar-refractivity contribution in [2.24, 2.45) is 5.92 Å². The first kappa shape index (κ1) is 14.8. The standard InChI is InChI=1S/C16H29N3/c1-3-16(13-17,18-2)10-6-11-19-12-9-14-7-4-5-8-15(14)19/h14-15,18H,3-12H2,1-2H3. The minimum Gasteiger partial charge on any atom is -0.302 e. The van der Waals surface area contributed by atoms with E-state index in [2.05, 4.69) is 23.2 Å². The fourth-order valence-corrected chi connectivity index (χ4v) is 4.03. The normalized spacial score (nSPS) is 30.6. The maximum atomic E-state index is 9.33. The highest BCUT2D eigenvalue weighted by Gasteiger charge is 2.35.